The molecule has 1 aliphatic rings. The number of hydrogen-bond acceptors (Lipinski definition) is 7. The average molecular weight is 494 g/mol. The Morgan fingerprint density at radius 2 is 1.97 bits per heavy atom. The van der Waals surface area contributed by atoms with Crippen molar-refractivity contribution in [2.75, 3.05) is 25.5 Å². The van der Waals surface area contributed by atoms with Crippen LogP contribution in [0.3, 0.4) is 0 Å². The maximum absolute atomic E-state index is 12.9. The van der Waals surface area contributed by atoms with Crippen molar-refractivity contribution in [3.8, 4) is 0 Å². The van der Waals surface area contributed by atoms with E-state index in [1.54, 1.807) is 19.1 Å². The van der Waals surface area contributed by atoms with Gasteiger partial charge in [-0.2, -0.15) is 0 Å². The molecule has 2 atom stereocenters. The number of carbonyl (C=O) groups excluding carboxylic acids is 2. The molecule has 0 saturated carbocycles. The molecule has 0 aliphatic heterocycles. The largest absolute Gasteiger partial charge is 0.462 e. The lowest BCUT2D eigenvalue weighted by Crippen LogP contribution is -2.32. The molecule has 0 bridgehead atoms. The van der Waals surface area contributed by atoms with E-state index in [1.807, 2.05) is 18.9 Å². The van der Waals surface area contributed by atoms with E-state index in [0.29, 0.717) is 16.5 Å². The highest BCUT2D eigenvalue weighted by Crippen LogP contribution is 2.40. The minimum absolute atomic E-state index is 0.0429. The van der Waals surface area contributed by atoms with Crippen molar-refractivity contribution in [2.45, 2.75) is 51.0 Å². The van der Waals surface area contributed by atoms with Crippen LogP contribution in [-0.4, -0.2) is 45.4 Å². The lowest BCUT2D eigenvalue weighted by atomic mass is 9.88. The topological polar surface area (TPSA) is 119 Å². The number of nitrogens with zero attached hydrogens (tertiary/aromatic N) is 1. The van der Waals surface area contributed by atoms with Gasteiger partial charge in [0, 0.05) is 10.9 Å². The minimum Gasteiger partial charge on any atom is -0.462 e. The second-order valence-electron chi connectivity index (χ2n) is 8.53. The summed E-state index contributed by atoms with van der Waals surface area (Å²) in [6.45, 7) is 6.26. The van der Waals surface area contributed by atoms with Crippen molar-refractivity contribution in [1.29, 1.82) is 0 Å². The molecule has 3 N–H and O–H groups in total. The number of fused-ring (bicyclic) bond motifs is 1. The van der Waals surface area contributed by atoms with Crippen LogP contribution in [0, 0.1) is 5.92 Å². The lowest BCUT2D eigenvalue weighted by Gasteiger charge is -2.24. The molecule has 2 aromatic rings. The first-order chi connectivity index (χ1) is 15.5. The van der Waals surface area contributed by atoms with Crippen molar-refractivity contribution >= 4 is 38.2 Å². The predicted molar refractivity (Wildman–Crippen MR) is 129 cm³/mol. The van der Waals surface area contributed by atoms with Gasteiger partial charge in [-0.25, -0.2) is 18.4 Å². The van der Waals surface area contributed by atoms with Gasteiger partial charge in [0.25, 0.3) is 0 Å². The molecule has 8 nitrogen and oxygen atoms in total. The summed E-state index contributed by atoms with van der Waals surface area (Å²) in [6, 6.07) is 6.14. The Hall–Kier alpha value is -2.27. The van der Waals surface area contributed by atoms with E-state index in [-0.39, 0.29) is 30.0 Å². The first-order valence-corrected chi connectivity index (χ1v) is 13.3. The van der Waals surface area contributed by atoms with E-state index in [0.717, 1.165) is 35.3 Å². The number of ether oxygens (including phenoxy) is 1. The van der Waals surface area contributed by atoms with Gasteiger partial charge in [-0.1, -0.05) is 19.1 Å². The molecule has 180 valence electrons. The zero-order valence-corrected chi connectivity index (χ0v) is 21.0. The number of esters is 1. The predicted octanol–water partition coefficient (Wildman–Crippen LogP) is 3.33. The monoisotopic (exact) mass is 493 g/mol. The van der Waals surface area contributed by atoms with Gasteiger partial charge in [-0.05, 0) is 69.3 Å². The Morgan fingerprint density at radius 3 is 2.58 bits per heavy atom. The molecule has 0 fully saturated rings. The van der Waals surface area contributed by atoms with Gasteiger partial charge in [-0.15, -0.1) is 11.3 Å². The Kier molecular flexibility index (Phi) is 7.94. The van der Waals surface area contributed by atoms with Gasteiger partial charge in [-0.3, -0.25) is 9.69 Å². The van der Waals surface area contributed by atoms with E-state index < -0.39 is 16.0 Å². The van der Waals surface area contributed by atoms with Crippen LogP contribution < -0.4 is 10.5 Å². The number of hydrogen-bond donors (Lipinski definition) is 2. The molecule has 33 heavy (non-hydrogen) atoms. The number of anilines is 1. The van der Waals surface area contributed by atoms with E-state index in [2.05, 4.69) is 12.2 Å². The van der Waals surface area contributed by atoms with Crippen molar-refractivity contribution < 1.29 is 22.7 Å². The van der Waals surface area contributed by atoms with E-state index in [9.17, 15) is 18.0 Å². The summed E-state index contributed by atoms with van der Waals surface area (Å²) >= 11 is 1.46. The molecule has 0 spiro atoms. The number of sulfonamides is 1. The quantitative estimate of drug-likeness (QED) is 0.545. The van der Waals surface area contributed by atoms with Crippen LogP contribution in [0.1, 0.15) is 59.6 Å². The average Bonchev–Trinajstić information content (AvgIpc) is 3.09. The number of nitrogens with one attached hydrogen (secondary N) is 1. The van der Waals surface area contributed by atoms with Crippen LogP contribution in [-0.2, 0) is 32.4 Å². The fraction of sp³-hybridized carbons (Fsp3) is 0.478. The van der Waals surface area contributed by atoms with E-state index in [1.165, 1.54) is 23.5 Å². The molecule has 3 rings (SSSR count). The molecule has 1 aromatic carbocycles. The summed E-state index contributed by atoms with van der Waals surface area (Å²) in [6.07, 6.45) is 2.71. The van der Waals surface area contributed by atoms with Gasteiger partial charge >= 0.3 is 5.97 Å². The molecule has 1 heterocycles. The Balaban J connectivity index is 1.73. The molecule has 0 radical (unpaired) electrons. The standard InChI is InChI=1S/C23H31N3O5S2/c1-5-31-23(28)21-18-11-6-14(2)12-19(18)32-22(21)25-20(27)13-26(4)15(3)16-7-9-17(10-8-16)33(24,29)30/h7-10,14-15H,5-6,11-13H2,1-4H3,(H,25,27)(H2,24,29,30). The third-order valence-corrected chi connectivity index (χ3v) is 8.09. The summed E-state index contributed by atoms with van der Waals surface area (Å²) in [7, 11) is -1.94. The number of rotatable bonds is 8. The molecular weight excluding hydrogens is 462 g/mol. The Labute approximate surface area is 199 Å². The molecular formula is C23H31N3O5S2. The van der Waals surface area contributed by atoms with Crippen molar-refractivity contribution in [1.82, 2.24) is 4.90 Å². The first kappa shape index (κ1) is 25.4. The van der Waals surface area contributed by atoms with Crippen LogP contribution in [0.2, 0.25) is 0 Å². The van der Waals surface area contributed by atoms with E-state index >= 15 is 0 Å². The fourth-order valence-electron chi connectivity index (χ4n) is 3.98. The van der Waals surface area contributed by atoms with Gasteiger partial charge in [0.2, 0.25) is 15.9 Å². The fourth-order valence-corrected chi connectivity index (χ4v) is 5.91. The summed E-state index contributed by atoms with van der Waals surface area (Å²) in [5.74, 6) is -0.0819. The number of benzene rings is 1. The van der Waals surface area contributed by atoms with Crippen molar-refractivity contribution in [3.63, 3.8) is 0 Å². The molecule has 10 heteroatoms. The van der Waals surface area contributed by atoms with Crippen LogP contribution in [0.5, 0.6) is 0 Å². The third kappa shape index (κ3) is 6.00. The highest BCUT2D eigenvalue weighted by atomic mass is 32.2. The summed E-state index contributed by atoms with van der Waals surface area (Å²) < 4.78 is 28.2. The Bertz CT molecular complexity index is 1130. The first-order valence-electron chi connectivity index (χ1n) is 11.0. The number of thiophene rings is 1. The van der Waals surface area contributed by atoms with Crippen LogP contribution in [0.25, 0.3) is 0 Å². The highest BCUT2D eigenvalue weighted by Gasteiger charge is 2.29. The SMILES string of the molecule is CCOC(=O)c1c(NC(=O)CN(C)C(C)c2ccc(S(N)(=O)=O)cc2)sc2c1CCC(C)C2. The van der Waals surface area contributed by atoms with Gasteiger partial charge in [0.1, 0.15) is 5.00 Å². The van der Waals surface area contributed by atoms with Crippen LogP contribution in [0.15, 0.2) is 29.2 Å². The van der Waals surface area contributed by atoms with Crippen molar-refractivity contribution in [3.05, 3.63) is 45.8 Å². The smallest absolute Gasteiger partial charge is 0.341 e. The second kappa shape index (κ2) is 10.3. The molecule has 1 amide bonds. The maximum atomic E-state index is 12.9. The maximum Gasteiger partial charge on any atom is 0.341 e. The molecule has 1 aromatic heterocycles. The zero-order chi connectivity index (χ0) is 24.3. The number of amides is 1. The van der Waals surface area contributed by atoms with Gasteiger partial charge < -0.3 is 10.1 Å². The van der Waals surface area contributed by atoms with Crippen LogP contribution >= 0.6 is 11.3 Å². The molecule has 2 unspecified atom stereocenters. The Morgan fingerprint density at radius 1 is 1.30 bits per heavy atom. The number of carbonyl (C=O) groups is 2. The highest BCUT2D eigenvalue weighted by molar-refractivity contribution is 7.89. The van der Waals surface area contributed by atoms with Crippen molar-refractivity contribution in [2.24, 2.45) is 11.1 Å². The molecule has 0 saturated heterocycles. The number of likely N-dealkylation sites (N-methyl/N-ethyl adjacent to an activating group) is 1. The minimum atomic E-state index is -3.75. The summed E-state index contributed by atoms with van der Waals surface area (Å²) in [5, 5.41) is 8.64. The number of nitrogens with two attached hydrogens (primary N) is 1. The van der Waals surface area contributed by atoms with Crippen LogP contribution in [0.4, 0.5) is 5.00 Å². The second-order valence-corrected chi connectivity index (χ2v) is 11.2. The lowest BCUT2D eigenvalue weighted by molar-refractivity contribution is -0.117. The van der Waals surface area contributed by atoms with Gasteiger partial charge in [0.05, 0.1) is 23.6 Å². The zero-order valence-electron chi connectivity index (χ0n) is 19.4. The summed E-state index contributed by atoms with van der Waals surface area (Å²) in [4.78, 5) is 28.5. The normalized spacial score (nSPS) is 16.8. The van der Waals surface area contributed by atoms with E-state index in [4.69, 9.17) is 9.88 Å². The van der Waals surface area contributed by atoms with Gasteiger partial charge in [0.15, 0.2) is 0 Å². The molecule has 1 aliphatic carbocycles. The third-order valence-electron chi connectivity index (χ3n) is 5.99. The number of primary sulfonamides is 1. The summed E-state index contributed by atoms with van der Waals surface area (Å²) in [5.41, 5.74) is 2.35.